The van der Waals surface area contributed by atoms with Gasteiger partial charge in [-0.1, -0.05) is 0 Å². The van der Waals surface area contributed by atoms with E-state index in [4.69, 9.17) is 16.2 Å². The van der Waals surface area contributed by atoms with Crippen LogP contribution in [0.2, 0.25) is 0 Å². The van der Waals surface area contributed by atoms with Crippen molar-refractivity contribution in [2.75, 3.05) is 18.1 Å². The van der Waals surface area contributed by atoms with Crippen LogP contribution in [0.4, 0.5) is 16.2 Å². The minimum Gasteiger partial charge on any atom is -0.446 e. The van der Waals surface area contributed by atoms with E-state index in [1.807, 2.05) is 0 Å². The minimum absolute atomic E-state index is 0.157. The highest BCUT2D eigenvalue weighted by Gasteiger charge is 2.24. The van der Waals surface area contributed by atoms with Gasteiger partial charge in [-0.3, -0.25) is 4.79 Å². The first-order chi connectivity index (χ1) is 10.5. The van der Waals surface area contributed by atoms with Crippen LogP contribution in [0, 0.1) is 0 Å². The molecule has 7 nitrogen and oxygen atoms in total. The van der Waals surface area contributed by atoms with Gasteiger partial charge in [0, 0.05) is 25.1 Å². The summed E-state index contributed by atoms with van der Waals surface area (Å²) in [4.78, 5) is 22.4. The van der Waals surface area contributed by atoms with E-state index < -0.39 is 6.09 Å². The van der Waals surface area contributed by atoms with Gasteiger partial charge < -0.3 is 26.8 Å². The highest BCUT2D eigenvalue weighted by molar-refractivity contribution is 5.95. The predicted molar refractivity (Wildman–Crippen MR) is 84.6 cm³/mol. The molecule has 1 aliphatic carbocycles. The standard InChI is InChI=1S/C15H22N4O3/c1-18-14(20)9-5-6-13(12(16)7-9)19-10-3-2-4-11(8-10)22-15(17)21/h5-7,10-11,19H,2-4,8,16H2,1H3,(H2,17,21)(H,18,20)/t10-,11+/m1/s1. The van der Waals surface area contributed by atoms with Crippen LogP contribution in [-0.4, -0.2) is 31.2 Å². The average Bonchev–Trinajstić information content (AvgIpc) is 2.48. The zero-order chi connectivity index (χ0) is 16.1. The number of benzene rings is 1. The Labute approximate surface area is 129 Å². The summed E-state index contributed by atoms with van der Waals surface area (Å²) in [5, 5.41) is 5.91. The number of anilines is 2. The predicted octanol–water partition coefficient (Wildman–Crippen LogP) is 1.45. The molecule has 1 aromatic carbocycles. The van der Waals surface area contributed by atoms with E-state index in [9.17, 15) is 9.59 Å². The molecule has 1 fully saturated rings. The summed E-state index contributed by atoms with van der Waals surface area (Å²) in [6, 6.07) is 5.31. The average molecular weight is 306 g/mol. The second-order valence-electron chi connectivity index (χ2n) is 5.45. The number of ether oxygens (including phenoxy) is 1. The molecular formula is C15H22N4O3. The lowest BCUT2D eigenvalue weighted by Gasteiger charge is -2.30. The van der Waals surface area contributed by atoms with Crippen LogP contribution in [0.3, 0.4) is 0 Å². The van der Waals surface area contributed by atoms with E-state index in [2.05, 4.69) is 10.6 Å². The molecule has 0 radical (unpaired) electrons. The first-order valence-electron chi connectivity index (χ1n) is 7.34. The van der Waals surface area contributed by atoms with E-state index in [0.29, 0.717) is 17.7 Å². The van der Waals surface area contributed by atoms with E-state index in [1.54, 1.807) is 25.2 Å². The zero-order valence-corrected chi connectivity index (χ0v) is 12.6. The maximum Gasteiger partial charge on any atom is 0.404 e. The number of primary amides is 1. The topological polar surface area (TPSA) is 119 Å². The molecule has 0 bridgehead atoms. The van der Waals surface area contributed by atoms with Crippen LogP contribution in [0.25, 0.3) is 0 Å². The number of nitrogens with two attached hydrogens (primary N) is 2. The SMILES string of the molecule is CNC(=O)c1ccc(N[C@@H]2CCC[C@H](OC(N)=O)C2)c(N)c1. The van der Waals surface area contributed by atoms with Crippen LogP contribution >= 0.6 is 0 Å². The van der Waals surface area contributed by atoms with E-state index in [-0.39, 0.29) is 18.1 Å². The van der Waals surface area contributed by atoms with Gasteiger partial charge in [0.25, 0.3) is 5.91 Å². The molecule has 7 heteroatoms. The molecule has 0 spiro atoms. The third-order valence-electron chi connectivity index (χ3n) is 3.81. The lowest BCUT2D eigenvalue weighted by molar-refractivity contribution is 0.0796. The smallest absolute Gasteiger partial charge is 0.404 e. The lowest BCUT2D eigenvalue weighted by Crippen LogP contribution is -2.34. The largest absolute Gasteiger partial charge is 0.446 e. The maximum atomic E-state index is 11.6. The van der Waals surface area contributed by atoms with Gasteiger partial charge in [0.2, 0.25) is 0 Å². The fraction of sp³-hybridized carbons (Fsp3) is 0.467. The minimum atomic E-state index is -0.736. The summed E-state index contributed by atoms with van der Waals surface area (Å²) < 4.78 is 5.07. The van der Waals surface area contributed by atoms with Crippen LogP contribution in [0.1, 0.15) is 36.0 Å². The van der Waals surface area contributed by atoms with Gasteiger partial charge in [0.15, 0.2) is 0 Å². The summed E-state index contributed by atoms with van der Waals surface area (Å²) in [7, 11) is 1.57. The Morgan fingerprint density at radius 1 is 1.32 bits per heavy atom. The number of amides is 2. The third-order valence-corrected chi connectivity index (χ3v) is 3.81. The van der Waals surface area contributed by atoms with Crippen molar-refractivity contribution in [3.63, 3.8) is 0 Å². The van der Waals surface area contributed by atoms with E-state index >= 15 is 0 Å². The van der Waals surface area contributed by atoms with Crippen LogP contribution in [-0.2, 0) is 4.74 Å². The van der Waals surface area contributed by atoms with Crippen molar-refractivity contribution in [2.24, 2.45) is 5.73 Å². The highest BCUT2D eigenvalue weighted by atomic mass is 16.6. The second-order valence-corrected chi connectivity index (χ2v) is 5.45. The molecule has 6 N–H and O–H groups in total. The normalized spacial score (nSPS) is 21.0. The van der Waals surface area contributed by atoms with Crippen LogP contribution in [0.5, 0.6) is 0 Å². The molecule has 22 heavy (non-hydrogen) atoms. The Bertz CT molecular complexity index is 562. The quantitative estimate of drug-likeness (QED) is 0.628. The summed E-state index contributed by atoms with van der Waals surface area (Å²) >= 11 is 0. The summed E-state index contributed by atoms with van der Waals surface area (Å²) in [6.45, 7) is 0. The number of carbonyl (C=O) groups is 2. The van der Waals surface area contributed by atoms with Gasteiger partial charge in [0.1, 0.15) is 6.10 Å². The Hall–Kier alpha value is -2.44. The van der Waals surface area contributed by atoms with Gasteiger partial charge in [-0.25, -0.2) is 4.79 Å². The third kappa shape index (κ3) is 4.03. The summed E-state index contributed by atoms with van der Waals surface area (Å²) in [5.41, 5.74) is 12.9. The number of carbonyl (C=O) groups excluding carboxylic acids is 2. The van der Waals surface area contributed by atoms with Crippen molar-refractivity contribution in [3.8, 4) is 0 Å². The molecular weight excluding hydrogens is 284 g/mol. The van der Waals surface area contributed by atoms with Crippen LogP contribution in [0.15, 0.2) is 18.2 Å². The highest BCUT2D eigenvalue weighted by Crippen LogP contribution is 2.27. The number of rotatable bonds is 4. The molecule has 2 rings (SSSR count). The van der Waals surface area contributed by atoms with Gasteiger partial charge in [0.05, 0.1) is 11.4 Å². The molecule has 0 saturated heterocycles. The van der Waals surface area contributed by atoms with Crippen LogP contribution < -0.4 is 22.1 Å². The number of nitrogen functional groups attached to an aromatic ring is 1. The Kier molecular flexibility index (Phi) is 5.08. The van der Waals surface area contributed by atoms with E-state index in [1.165, 1.54) is 0 Å². The van der Waals surface area contributed by atoms with Gasteiger partial charge in [-0.05, 0) is 37.5 Å². The molecule has 2 atom stereocenters. The molecule has 1 aliphatic rings. The first-order valence-corrected chi connectivity index (χ1v) is 7.34. The first kappa shape index (κ1) is 15.9. The van der Waals surface area contributed by atoms with Gasteiger partial charge in [-0.15, -0.1) is 0 Å². The molecule has 1 aromatic rings. The van der Waals surface area contributed by atoms with Crippen molar-refractivity contribution in [1.82, 2.24) is 5.32 Å². The lowest BCUT2D eigenvalue weighted by atomic mass is 9.92. The van der Waals surface area contributed by atoms with Crippen molar-refractivity contribution in [3.05, 3.63) is 23.8 Å². The maximum absolute atomic E-state index is 11.6. The summed E-state index contributed by atoms with van der Waals surface area (Å²) in [5.74, 6) is -0.175. The zero-order valence-electron chi connectivity index (χ0n) is 12.6. The number of hydrogen-bond donors (Lipinski definition) is 4. The van der Waals surface area contributed by atoms with Crippen molar-refractivity contribution in [1.29, 1.82) is 0 Å². The molecule has 1 saturated carbocycles. The number of hydrogen-bond acceptors (Lipinski definition) is 5. The fourth-order valence-corrected chi connectivity index (χ4v) is 2.75. The Morgan fingerprint density at radius 3 is 2.73 bits per heavy atom. The number of nitrogens with one attached hydrogen (secondary N) is 2. The second kappa shape index (κ2) is 7.02. The molecule has 0 aliphatic heterocycles. The summed E-state index contributed by atoms with van der Waals surface area (Å²) in [6.07, 6.45) is 2.54. The molecule has 0 aromatic heterocycles. The van der Waals surface area contributed by atoms with Gasteiger partial charge in [-0.2, -0.15) is 0 Å². The van der Waals surface area contributed by atoms with Crippen molar-refractivity contribution in [2.45, 2.75) is 37.8 Å². The Balaban J connectivity index is 2.01. The monoisotopic (exact) mass is 306 g/mol. The van der Waals surface area contributed by atoms with Crippen molar-refractivity contribution < 1.29 is 14.3 Å². The Morgan fingerprint density at radius 2 is 2.09 bits per heavy atom. The molecule has 0 unspecified atom stereocenters. The fourth-order valence-electron chi connectivity index (χ4n) is 2.75. The molecule has 2 amide bonds. The van der Waals surface area contributed by atoms with Gasteiger partial charge >= 0.3 is 6.09 Å². The van der Waals surface area contributed by atoms with Crippen molar-refractivity contribution >= 4 is 23.4 Å². The molecule has 120 valence electrons. The van der Waals surface area contributed by atoms with E-state index in [0.717, 1.165) is 24.9 Å². The molecule has 0 heterocycles.